The lowest BCUT2D eigenvalue weighted by atomic mass is 9.99. The van der Waals surface area contributed by atoms with Crippen LogP contribution in [0.5, 0.6) is 0 Å². The number of aryl methyl sites for hydroxylation is 2. The molecule has 10 heteroatoms. The maximum Gasteiger partial charge on any atom is 0.410 e. The van der Waals surface area contributed by atoms with Crippen molar-refractivity contribution < 1.29 is 13.9 Å². The number of amides is 1. The topological polar surface area (TPSA) is 101 Å². The number of ether oxygens (including phenoxy) is 1. The van der Waals surface area contributed by atoms with Gasteiger partial charge >= 0.3 is 6.09 Å². The van der Waals surface area contributed by atoms with Crippen molar-refractivity contribution in [2.75, 3.05) is 24.5 Å². The van der Waals surface area contributed by atoms with Crippen LogP contribution in [0.1, 0.15) is 51.4 Å². The van der Waals surface area contributed by atoms with Crippen LogP contribution in [-0.4, -0.2) is 62.0 Å². The van der Waals surface area contributed by atoms with Gasteiger partial charge in [-0.05, 0) is 66.2 Å². The van der Waals surface area contributed by atoms with Crippen LogP contribution in [0.15, 0.2) is 35.7 Å². The van der Waals surface area contributed by atoms with Crippen molar-refractivity contribution in [2.24, 2.45) is 10.7 Å². The summed E-state index contributed by atoms with van der Waals surface area (Å²) in [6.07, 6.45) is 4.88. The molecule has 192 valence electrons. The van der Waals surface area contributed by atoms with Gasteiger partial charge in [0.1, 0.15) is 11.4 Å². The molecule has 2 N–H and O–H groups in total. The number of nitrogens with zero attached hydrogens (tertiary/aromatic N) is 6. The molecular formula is C26H34FN7O2. The normalized spacial score (nSPS) is 16.5. The lowest BCUT2D eigenvalue weighted by Crippen LogP contribution is -2.61. The van der Waals surface area contributed by atoms with Crippen molar-refractivity contribution in [1.82, 2.24) is 19.3 Å². The first-order valence-electron chi connectivity index (χ1n) is 12.0. The first-order chi connectivity index (χ1) is 16.7. The van der Waals surface area contributed by atoms with Crippen molar-refractivity contribution in [3.05, 3.63) is 53.4 Å². The maximum atomic E-state index is 14.5. The van der Waals surface area contributed by atoms with E-state index in [0.29, 0.717) is 36.7 Å². The van der Waals surface area contributed by atoms with Crippen molar-refractivity contribution in [1.29, 1.82) is 0 Å². The average molecular weight is 496 g/mol. The van der Waals surface area contributed by atoms with Crippen molar-refractivity contribution in [3.8, 4) is 0 Å². The number of amidine groups is 1. The van der Waals surface area contributed by atoms with Gasteiger partial charge in [-0.1, -0.05) is 0 Å². The van der Waals surface area contributed by atoms with Crippen LogP contribution in [0, 0.1) is 19.7 Å². The number of carbonyl (C=O) groups is 1. The fraction of sp³-hybridized carbons (Fsp3) is 0.462. The predicted octanol–water partition coefficient (Wildman–Crippen LogP) is 4.36. The number of fused-ring (bicyclic) bond motifs is 1. The second-order valence-electron chi connectivity index (χ2n) is 10.9. The van der Waals surface area contributed by atoms with Gasteiger partial charge in [0.05, 0.1) is 23.1 Å². The van der Waals surface area contributed by atoms with Gasteiger partial charge in [-0.15, -0.1) is 0 Å². The van der Waals surface area contributed by atoms with Gasteiger partial charge in [0, 0.05) is 37.6 Å². The van der Waals surface area contributed by atoms with Gasteiger partial charge in [0.2, 0.25) is 0 Å². The molecule has 1 saturated heterocycles. The summed E-state index contributed by atoms with van der Waals surface area (Å²) in [4.78, 5) is 29.8. The first-order valence-corrected chi connectivity index (χ1v) is 12.0. The standard InChI is InChI=1S/C26H34FN7O2/c1-16-10-19(32-8-9-34(26(6,7)15-32)24(35)36-25(3,4)5)12-29-22(16)31-21(28)18-11-20(27)23-30-17(2)13-33(23)14-18/h10-14H,8-9,15H2,1-7H3,(H2,28,29,31). The fourth-order valence-electron chi connectivity index (χ4n) is 4.37. The van der Waals surface area contributed by atoms with Gasteiger partial charge in [-0.2, -0.15) is 0 Å². The molecular weight excluding hydrogens is 461 g/mol. The Balaban J connectivity index is 1.52. The Labute approximate surface area is 210 Å². The van der Waals surface area contributed by atoms with Crippen molar-refractivity contribution >= 4 is 29.1 Å². The molecule has 1 aliphatic heterocycles. The van der Waals surface area contributed by atoms with E-state index in [4.69, 9.17) is 10.5 Å². The highest BCUT2D eigenvalue weighted by molar-refractivity contribution is 5.99. The number of imidazole rings is 1. The van der Waals surface area contributed by atoms with Crippen molar-refractivity contribution in [3.63, 3.8) is 0 Å². The van der Waals surface area contributed by atoms with E-state index >= 15 is 0 Å². The summed E-state index contributed by atoms with van der Waals surface area (Å²) in [6.45, 7) is 15.2. The van der Waals surface area contributed by atoms with E-state index in [1.807, 2.05) is 47.6 Å². The number of nitrogens with two attached hydrogens (primary N) is 1. The van der Waals surface area contributed by atoms with Crippen LogP contribution in [0.3, 0.4) is 0 Å². The third-order valence-electron chi connectivity index (χ3n) is 6.07. The van der Waals surface area contributed by atoms with Crippen LogP contribution >= 0.6 is 0 Å². The molecule has 1 fully saturated rings. The lowest BCUT2D eigenvalue weighted by Gasteiger charge is -2.47. The minimum Gasteiger partial charge on any atom is -0.444 e. The molecule has 0 saturated carbocycles. The Hall–Kier alpha value is -3.69. The number of piperazine rings is 1. The van der Waals surface area contributed by atoms with E-state index in [9.17, 15) is 9.18 Å². The lowest BCUT2D eigenvalue weighted by molar-refractivity contribution is 0.000371. The molecule has 0 spiro atoms. The number of anilines is 1. The zero-order valence-corrected chi connectivity index (χ0v) is 22.0. The number of hydrogen-bond acceptors (Lipinski definition) is 6. The summed E-state index contributed by atoms with van der Waals surface area (Å²) in [7, 11) is 0. The molecule has 4 heterocycles. The van der Waals surface area contributed by atoms with Crippen LogP contribution in [0.4, 0.5) is 20.7 Å². The molecule has 9 nitrogen and oxygen atoms in total. The first kappa shape index (κ1) is 25.4. The minimum absolute atomic E-state index is 0.164. The molecule has 36 heavy (non-hydrogen) atoms. The summed E-state index contributed by atoms with van der Waals surface area (Å²) in [5, 5.41) is 0. The average Bonchev–Trinajstić information content (AvgIpc) is 3.13. The number of halogens is 1. The molecule has 3 aromatic rings. The second kappa shape index (κ2) is 9.07. The maximum absolute atomic E-state index is 14.5. The van der Waals surface area contributed by atoms with Gasteiger partial charge in [-0.25, -0.2) is 24.1 Å². The van der Waals surface area contributed by atoms with E-state index < -0.39 is 17.0 Å². The molecule has 1 amide bonds. The molecule has 1 aliphatic rings. The molecule has 3 aromatic heterocycles. The van der Waals surface area contributed by atoms with Gasteiger partial charge < -0.3 is 19.8 Å². The Morgan fingerprint density at radius 2 is 1.92 bits per heavy atom. The predicted molar refractivity (Wildman–Crippen MR) is 138 cm³/mol. The van der Waals surface area contributed by atoms with Gasteiger partial charge in [-0.3, -0.25) is 4.90 Å². The molecule has 0 atom stereocenters. The van der Waals surface area contributed by atoms with Crippen LogP contribution in [0.2, 0.25) is 0 Å². The minimum atomic E-state index is -0.543. The summed E-state index contributed by atoms with van der Waals surface area (Å²) in [6, 6.07) is 3.33. The van der Waals surface area contributed by atoms with E-state index in [2.05, 4.69) is 19.9 Å². The number of aliphatic imine (C=N–C) groups is 1. The summed E-state index contributed by atoms with van der Waals surface area (Å²) >= 11 is 0. The zero-order chi connectivity index (χ0) is 26.4. The Kier molecular flexibility index (Phi) is 6.40. The summed E-state index contributed by atoms with van der Waals surface area (Å²) in [5.74, 6) is 0.162. The van der Waals surface area contributed by atoms with Crippen LogP contribution < -0.4 is 10.6 Å². The largest absolute Gasteiger partial charge is 0.444 e. The van der Waals surface area contributed by atoms with E-state index in [1.165, 1.54) is 6.07 Å². The third kappa shape index (κ3) is 5.27. The smallest absolute Gasteiger partial charge is 0.410 e. The van der Waals surface area contributed by atoms with Crippen LogP contribution in [0.25, 0.3) is 5.65 Å². The van der Waals surface area contributed by atoms with Crippen molar-refractivity contribution in [2.45, 2.75) is 59.6 Å². The zero-order valence-electron chi connectivity index (χ0n) is 22.0. The highest BCUT2D eigenvalue weighted by Crippen LogP contribution is 2.29. The number of pyridine rings is 2. The van der Waals surface area contributed by atoms with E-state index in [1.54, 1.807) is 34.8 Å². The monoisotopic (exact) mass is 495 g/mol. The highest BCUT2D eigenvalue weighted by atomic mass is 19.1. The molecule has 0 unspecified atom stereocenters. The van der Waals surface area contributed by atoms with Gasteiger partial charge in [0.15, 0.2) is 17.3 Å². The van der Waals surface area contributed by atoms with Gasteiger partial charge in [0.25, 0.3) is 0 Å². The third-order valence-corrected chi connectivity index (χ3v) is 6.07. The fourth-order valence-corrected chi connectivity index (χ4v) is 4.37. The Bertz CT molecular complexity index is 1340. The van der Waals surface area contributed by atoms with E-state index in [0.717, 1.165) is 11.3 Å². The quantitative estimate of drug-likeness (QED) is 0.428. The molecule has 0 radical (unpaired) electrons. The number of aromatic nitrogens is 3. The molecule has 0 aliphatic carbocycles. The summed E-state index contributed by atoms with van der Waals surface area (Å²) in [5.41, 5.74) is 8.42. The SMILES string of the molecule is Cc1cn2cc(C(N)=Nc3ncc(N4CCN(C(=O)OC(C)(C)C)C(C)(C)C4)cc3C)cc(F)c2n1. The van der Waals surface area contributed by atoms with Crippen LogP contribution in [-0.2, 0) is 4.74 Å². The number of carbonyl (C=O) groups excluding carboxylic acids is 1. The molecule has 0 bridgehead atoms. The highest BCUT2D eigenvalue weighted by Gasteiger charge is 2.39. The molecule has 0 aromatic carbocycles. The molecule has 4 rings (SSSR count). The Morgan fingerprint density at radius 1 is 1.19 bits per heavy atom. The Morgan fingerprint density at radius 3 is 2.56 bits per heavy atom. The number of rotatable bonds is 3. The van der Waals surface area contributed by atoms with E-state index in [-0.39, 0.29) is 17.6 Å². The number of hydrogen-bond donors (Lipinski definition) is 1. The second-order valence-corrected chi connectivity index (χ2v) is 10.9. The summed E-state index contributed by atoms with van der Waals surface area (Å²) < 4.78 is 21.7.